The van der Waals surface area contributed by atoms with Crippen molar-refractivity contribution in [1.82, 2.24) is 9.80 Å². The van der Waals surface area contributed by atoms with Crippen LogP contribution in [0, 0.1) is 11.7 Å². The summed E-state index contributed by atoms with van der Waals surface area (Å²) in [6.07, 6.45) is -0.740. The third kappa shape index (κ3) is 7.04. The van der Waals surface area contributed by atoms with E-state index < -0.39 is 59.7 Å². The number of nitrogens with one attached hydrogen (secondary N) is 1. The third-order valence-corrected chi connectivity index (χ3v) is 7.07. The van der Waals surface area contributed by atoms with Crippen LogP contribution in [0.5, 0.6) is 0 Å². The Labute approximate surface area is 243 Å². The number of hydrogen-bond acceptors (Lipinski definition) is 6. The zero-order valence-corrected chi connectivity index (χ0v) is 24.3. The number of nitrogens with zero attached hydrogens (tertiary/aromatic N) is 2. The molecule has 0 aliphatic carbocycles. The van der Waals surface area contributed by atoms with Crippen LogP contribution in [-0.4, -0.2) is 69.4 Å². The van der Waals surface area contributed by atoms with Crippen LogP contribution in [-0.2, 0) is 25.5 Å². The SMILES string of the molecule is CCN(CC)C(=O)C1CC(C(=O)OC(C)(C)C)N(C(=O)Cc2c(NC(N)=O)cccc2C(=O)O)C1c1ccccc1F. The highest BCUT2D eigenvalue weighted by atomic mass is 19.1. The fourth-order valence-electron chi connectivity index (χ4n) is 5.34. The van der Waals surface area contributed by atoms with Gasteiger partial charge in [0.15, 0.2) is 0 Å². The number of ether oxygens (including phenoxy) is 1. The van der Waals surface area contributed by atoms with Crippen molar-refractivity contribution in [2.75, 3.05) is 18.4 Å². The van der Waals surface area contributed by atoms with Gasteiger partial charge in [-0.3, -0.25) is 9.59 Å². The molecule has 12 heteroatoms. The molecular weight excluding hydrogens is 547 g/mol. The molecule has 3 unspecified atom stereocenters. The molecular formula is C30H37FN4O7. The lowest BCUT2D eigenvalue weighted by Gasteiger charge is -2.33. The number of halogens is 1. The molecule has 1 fully saturated rings. The number of anilines is 1. The van der Waals surface area contributed by atoms with E-state index in [-0.39, 0.29) is 34.7 Å². The second-order valence-electron chi connectivity index (χ2n) is 11.0. The first-order valence-corrected chi connectivity index (χ1v) is 13.7. The maximum atomic E-state index is 15.4. The molecule has 0 spiro atoms. The Morgan fingerprint density at radius 2 is 1.71 bits per heavy atom. The molecule has 3 atom stereocenters. The first-order valence-electron chi connectivity index (χ1n) is 13.7. The van der Waals surface area contributed by atoms with Crippen LogP contribution in [0.25, 0.3) is 0 Å². The molecule has 42 heavy (non-hydrogen) atoms. The number of nitrogens with two attached hydrogens (primary N) is 1. The summed E-state index contributed by atoms with van der Waals surface area (Å²) in [5.74, 6) is -4.95. The smallest absolute Gasteiger partial charge is 0.336 e. The van der Waals surface area contributed by atoms with E-state index in [1.807, 2.05) is 0 Å². The van der Waals surface area contributed by atoms with Crippen molar-refractivity contribution < 1.29 is 38.2 Å². The Morgan fingerprint density at radius 1 is 1.07 bits per heavy atom. The normalized spacial score (nSPS) is 18.3. The molecule has 0 radical (unpaired) electrons. The molecule has 2 aromatic carbocycles. The number of primary amides is 1. The molecule has 226 valence electrons. The second kappa shape index (κ2) is 13.0. The molecule has 1 heterocycles. The van der Waals surface area contributed by atoms with Crippen LogP contribution in [0.1, 0.15) is 68.6 Å². The Bertz CT molecular complexity index is 1370. The molecule has 1 aliphatic rings. The Balaban J connectivity index is 2.22. The number of carbonyl (C=O) groups excluding carboxylic acids is 4. The van der Waals surface area contributed by atoms with Crippen LogP contribution < -0.4 is 11.1 Å². The highest BCUT2D eigenvalue weighted by Crippen LogP contribution is 2.44. The number of amides is 4. The zero-order chi connectivity index (χ0) is 31.4. The van der Waals surface area contributed by atoms with Crippen LogP contribution in [0.4, 0.5) is 14.9 Å². The minimum atomic E-state index is -1.36. The quantitative estimate of drug-likeness (QED) is 0.379. The number of likely N-dealkylation sites (tertiary alicyclic amines) is 1. The molecule has 2 aromatic rings. The van der Waals surface area contributed by atoms with Crippen LogP contribution in [0.2, 0.25) is 0 Å². The van der Waals surface area contributed by atoms with E-state index in [0.717, 1.165) is 4.90 Å². The number of esters is 1. The molecule has 0 aromatic heterocycles. The first kappa shape index (κ1) is 32.0. The summed E-state index contributed by atoms with van der Waals surface area (Å²) in [6, 6.07) is 6.25. The Hall–Kier alpha value is -4.48. The molecule has 0 saturated carbocycles. The third-order valence-electron chi connectivity index (χ3n) is 7.07. The van der Waals surface area contributed by atoms with Gasteiger partial charge in [-0.05, 0) is 64.8 Å². The van der Waals surface area contributed by atoms with E-state index in [1.54, 1.807) is 45.6 Å². The summed E-state index contributed by atoms with van der Waals surface area (Å²) in [5, 5.41) is 12.2. The van der Waals surface area contributed by atoms with Crippen LogP contribution >= 0.6 is 0 Å². The summed E-state index contributed by atoms with van der Waals surface area (Å²) >= 11 is 0. The maximum absolute atomic E-state index is 15.4. The fraction of sp³-hybridized carbons (Fsp3) is 0.433. The molecule has 11 nitrogen and oxygen atoms in total. The van der Waals surface area contributed by atoms with E-state index in [4.69, 9.17) is 10.5 Å². The number of aromatic carboxylic acids is 1. The average molecular weight is 585 g/mol. The zero-order valence-electron chi connectivity index (χ0n) is 24.3. The molecule has 0 bridgehead atoms. The van der Waals surface area contributed by atoms with Gasteiger partial charge in [-0.25, -0.2) is 18.8 Å². The van der Waals surface area contributed by atoms with Gasteiger partial charge < -0.3 is 30.7 Å². The van der Waals surface area contributed by atoms with Crippen LogP contribution in [0.15, 0.2) is 42.5 Å². The summed E-state index contributed by atoms with van der Waals surface area (Å²) in [4.78, 5) is 67.9. The maximum Gasteiger partial charge on any atom is 0.336 e. The Morgan fingerprint density at radius 3 is 2.26 bits per heavy atom. The first-order chi connectivity index (χ1) is 19.7. The lowest BCUT2D eigenvalue weighted by atomic mass is 9.91. The summed E-state index contributed by atoms with van der Waals surface area (Å²) in [7, 11) is 0. The summed E-state index contributed by atoms with van der Waals surface area (Å²) < 4.78 is 21.0. The van der Waals surface area contributed by atoms with E-state index >= 15 is 4.39 Å². The highest BCUT2D eigenvalue weighted by Gasteiger charge is 2.52. The number of benzene rings is 2. The molecule has 4 amide bonds. The Kier molecular flexibility index (Phi) is 9.92. The number of carboxylic acid groups (broad SMARTS) is 1. The van der Waals surface area contributed by atoms with Gasteiger partial charge in [0.25, 0.3) is 0 Å². The van der Waals surface area contributed by atoms with Gasteiger partial charge in [-0.2, -0.15) is 0 Å². The van der Waals surface area contributed by atoms with E-state index in [9.17, 15) is 29.1 Å². The number of hydrogen-bond donors (Lipinski definition) is 3. The standard InChI is InChI=1S/C30H37FN4O7/c1-6-34(7-2)26(37)20-15-23(28(40)42-30(3,4)5)35(25(20)18-11-8-9-13-21(18)31)24(36)16-19-17(27(38)39)12-10-14-22(19)33-29(32)41/h8-14,20,23,25H,6-7,15-16H2,1-5H3,(H,38,39)(H3,32,33,41). The van der Waals surface area contributed by atoms with Crippen LogP contribution in [0.3, 0.4) is 0 Å². The van der Waals surface area contributed by atoms with E-state index in [0.29, 0.717) is 13.1 Å². The van der Waals surface area contributed by atoms with E-state index in [2.05, 4.69) is 5.32 Å². The number of urea groups is 1. The minimum Gasteiger partial charge on any atom is -0.478 e. The summed E-state index contributed by atoms with van der Waals surface area (Å²) in [6.45, 7) is 9.26. The van der Waals surface area contributed by atoms with Gasteiger partial charge in [0.2, 0.25) is 11.8 Å². The molecule has 1 aliphatic heterocycles. The average Bonchev–Trinajstić information content (AvgIpc) is 3.30. The van der Waals surface area contributed by atoms with Gasteiger partial charge in [0, 0.05) is 24.3 Å². The summed E-state index contributed by atoms with van der Waals surface area (Å²) in [5.41, 5.74) is 4.02. The lowest BCUT2D eigenvalue weighted by Crippen LogP contribution is -2.46. The molecule has 4 N–H and O–H groups in total. The van der Waals surface area contributed by atoms with Gasteiger partial charge in [0.05, 0.1) is 23.9 Å². The van der Waals surface area contributed by atoms with Gasteiger partial charge in [0.1, 0.15) is 17.5 Å². The molecule has 1 saturated heterocycles. The number of carboxylic acids is 1. The highest BCUT2D eigenvalue weighted by molar-refractivity contribution is 5.98. The van der Waals surface area contributed by atoms with Gasteiger partial charge in [-0.1, -0.05) is 24.3 Å². The molecule has 3 rings (SSSR count). The topological polar surface area (TPSA) is 159 Å². The predicted octanol–water partition coefficient (Wildman–Crippen LogP) is 3.73. The van der Waals surface area contributed by atoms with Crippen molar-refractivity contribution >= 4 is 35.5 Å². The van der Waals surface area contributed by atoms with Crippen molar-refractivity contribution in [2.45, 2.75) is 65.1 Å². The van der Waals surface area contributed by atoms with Crippen molar-refractivity contribution in [3.05, 3.63) is 65.0 Å². The number of carbonyl (C=O) groups is 5. The van der Waals surface area contributed by atoms with Gasteiger partial charge >= 0.3 is 18.0 Å². The monoisotopic (exact) mass is 584 g/mol. The van der Waals surface area contributed by atoms with Crippen molar-refractivity contribution in [3.8, 4) is 0 Å². The second-order valence-corrected chi connectivity index (χ2v) is 11.0. The lowest BCUT2D eigenvalue weighted by molar-refractivity contribution is -0.164. The van der Waals surface area contributed by atoms with Gasteiger partial charge in [-0.15, -0.1) is 0 Å². The van der Waals surface area contributed by atoms with E-state index in [1.165, 1.54) is 36.4 Å². The largest absolute Gasteiger partial charge is 0.478 e. The van der Waals surface area contributed by atoms with Crippen molar-refractivity contribution in [3.63, 3.8) is 0 Å². The minimum absolute atomic E-state index is 0.0121. The number of rotatable bonds is 9. The van der Waals surface area contributed by atoms with Crippen molar-refractivity contribution in [1.29, 1.82) is 0 Å². The van der Waals surface area contributed by atoms with Crippen molar-refractivity contribution in [2.24, 2.45) is 11.7 Å². The predicted molar refractivity (Wildman–Crippen MR) is 152 cm³/mol. The fourth-order valence-corrected chi connectivity index (χ4v) is 5.34.